The zero-order valence-electron chi connectivity index (χ0n) is 17.0. The first-order valence-corrected chi connectivity index (χ1v) is 11.1. The summed E-state index contributed by atoms with van der Waals surface area (Å²) in [6, 6.07) is 12.6. The Kier molecular flexibility index (Phi) is 5.36. The highest BCUT2D eigenvalue weighted by Crippen LogP contribution is 2.33. The van der Waals surface area contributed by atoms with Gasteiger partial charge < -0.3 is 0 Å². The molecule has 8 heteroatoms. The smallest absolute Gasteiger partial charge is 0.268 e. The normalized spacial score (nSPS) is 13.4. The molecule has 1 N–H and O–H groups in total. The third-order valence-electron chi connectivity index (χ3n) is 5.49. The average Bonchev–Trinajstić information content (AvgIpc) is 3.19. The molecule has 1 amide bonds. The van der Waals surface area contributed by atoms with Crippen molar-refractivity contribution < 1.29 is 9.18 Å². The van der Waals surface area contributed by atoms with Crippen LogP contribution >= 0.6 is 11.3 Å². The quantitative estimate of drug-likeness (QED) is 0.377. The van der Waals surface area contributed by atoms with Gasteiger partial charge in [0.2, 0.25) is 0 Å². The number of thiophene rings is 1. The van der Waals surface area contributed by atoms with Gasteiger partial charge in [-0.1, -0.05) is 18.2 Å². The number of hydrogen-bond donors (Lipinski definition) is 1. The Hall–Kier alpha value is -3.65. The maximum Gasteiger partial charge on any atom is 0.271 e. The van der Waals surface area contributed by atoms with Gasteiger partial charge in [0, 0.05) is 10.4 Å². The number of carbonyl (C=O) groups is 1. The van der Waals surface area contributed by atoms with E-state index in [1.54, 1.807) is 47.7 Å². The van der Waals surface area contributed by atoms with Crippen LogP contribution in [-0.4, -0.2) is 21.7 Å². The summed E-state index contributed by atoms with van der Waals surface area (Å²) in [5, 5.41) is 4.59. The summed E-state index contributed by atoms with van der Waals surface area (Å²) in [4.78, 5) is 32.4. The summed E-state index contributed by atoms with van der Waals surface area (Å²) in [5.74, 6) is -0.814. The summed E-state index contributed by atoms with van der Waals surface area (Å²) in [7, 11) is 0. The first kappa shape index (κ1) is 20.3. The van der Waals surface area contributed by atoms with Crippen LogP contribution in [0, 0.1) is 5.82 Å². The van der Waals surface area contributed by atoms with Crippen LogP contribution in [0.1, 0.15) is 39.2 Å². The van der Waals surface area contributed by atoms with Crippen molar-refractivity contribution in [1.82, 2.24) is 15.0 Å². The Morgan fingerprint density at radius 2 is 2.00 bits per heavy atom. The number of carbonyl (C=O) groups excluding carboxylic acids is 1. The van der Waals surface area contributed by atoms with Crippen LogP contribution < -0.4 is 11.0 Å². The number of benzene rings is 2. The first-order chi connectivity index (χ1) is 15.6. The average molecular weight is 447 g/mol. The first-order valence-electron chi connectivity index (χ1n) is 10.3. The molecule has 0 unspecified atom stereocenters. The lowest BCUT2D eigenvalue weighted by atomic mass is 9.97. The van der Waals surface area contributed by atoms with E-state index < -0.39 is 5.91 Å². The largest absolute Gasteiger partial charge is 0.271 e. The molecule has 2 aromatic heterocycles. The van der Waals surface area contributed by atoms with Gasteiger partial charge in [0.05, 0.1) is 17.3 Å². The minimum absolute atomic E-state index is 0.115. The molecule has 0 saturated carbocycles. The van der Waals surface area contributed by atoms with Gasteiger partial charge in [-0.3, -0.25) is 14.2 Å². The predicted molar refractivity (Wildman–Crippen MR) is 123 cm³/mol. The van der Waals surface area contributed by atoms with Crippen LogP contribution in [0.15, 0.2) is 64.8 Å². The molecule has 0 aliphatic heterocycles. The molecule has 4 aromatic rings. The van der Waals surface area contributed by atoms with Gasteiger partial charge >= 0.3 is 0 Å². The monoisotopic (exact) mass is 446 g/mol. The SMILES string of the molecule is O=C(N/N=C/c1cccc(F)c1)c1cccc(-n2cnc3sc4c(c3c2=O)CCCC4)c1. The number of halogens is 1. The van der Waals surface area contributed by atoms with Gasteiger partial charge in [0.1, 0.15) is 17.0 Å². The van der Waals surface area contributed by atoms with E-state index in [2.05, 4.69) is 15.5 Å². The lowest BCUT2D eigenvalue weighted by molar-refractivity contribution is 0.0955. The van der Waals surface area contributed by atoms with Crippen LogP contribution in [0.2, 0.25) is 0 Å². The van der Waals surface area contributed by atoms with Crippen LogP contribution in [0.3, 0.4) is 0 Å². The van der Waals surface area contributed by atoms with Gasteiger partial charge in [0.15, 0.2) is 0 Å². The molecular formula is C24H19FN4O2S. The number of aryl methyl sites for hydroxylation is 2. The van der Waals surface area contributed by atoms with Crippen molar-refractivity contribution in [2.45, 2.75) is 25.7 Å². The van der Waals surface area contributed by atoms with Crippen molar-refractivity contribution in [3.05, 3.63) is 92.6 Å². The number of nitrogens with one attached hydrogen (secondary N) is 1. The number of hydrogen-bond acceptors (Lipinski definition) is 5. The second-order valence-corrected chi connectivity index (χ2v) is 8.70. The molecule has 0 fully saturated rings. The van der Waals surface area contributed by atoms with Gasteiger partial charge in [-0.05, 0) is 67.1 Å². The van der Waals surface area contributed by atoms with E-state index in [9.17, 15) is 14.0 Å². The lowest BCUT2D eigenvalue weighted by Gasteiger charge is -2.11. The van der Waals surface area contributed by atoms with Gasteiger partial charge in [-0.25, -0.2) is 14.8 Å². The molecule has 1 aliphatic rings. The fraction of sp³-hybridized carbons (Fsp3) is 0.167. The van der Waals surface area contributed by atoms with Crippen molar-refractivity contribution in [2.75, 3.05) is 0 Å². The number of nitrogens with zero attached hydrogens (tertiary/aromatic N) is 3. The molecule has 0 atom stereocenters. The van der Waals surface area contributed by atoms with Crippen molar-refractivity contribution in [1.29, 1.82) is 0 Å². The molecule has 160 valence electrons. The second-order valence-electron chi connectivity index (χ2n) is 7.62. The topological polar surface area (TPSA) is 76.3 Å². The van der Waals surface area contributed by atoms with Crippen LogP contribution in [-0.2, 0) is 12.8 Å². The van der Waals surface area contributed by atoms with E-state index >= 15 is 0 Å². The molecule has 0 spiro atoms. The number of fused-ring (bicyclic) bond motifs is 3. The van der Waals surface area contributed by atoms with E-state index in [0.717, 1.165) is 36.1 Å². The summed E-state index contributed by atoms with van der Waals surface area (Å²) >= 11 is 1.61. The Balaban J connectivity index is 1.42. The minimum Gasteiger partial charge on any atom is -0.268 e. The predicted octanol–water partition coefficient (Wildman–Crippen LogP) is 4.23. The van der Waals surface area contributed by atoms with Crippen molar-refractivity contribution in [3.63, 3.8) is 0 Å². The number of aromatic nitrogens is 2. The summed E-state index contributed by atoms with van der Waals surface area (Å²) < 4.78 is 14.7. The van der Waals surface area contributed by atoms with Crippen molar-refractivity contribution >= 4 is 33.7 Å². The van der Waals surface area contributed by atoms with E-state index in [4.69, 9.17) is 0 Å². The molecule has 0 radical (unpaired) electrons. The maximum atomic E-state index is 13.3. The van der Waals surface area contributed by atoms with E-state index in [0.29, 0.717) is 22.2 Å². The number of rotatable bonds is 4. The van der Waals surface area contributed by atoms with Crippen LogP contribution in [0.25, 0.3) is 15.9 Å². The zero-order valence-corrected chi connectivity index (χ0v) is 17.9. The lowest BCUT2D eigenvalue weighted by Crippen LogP contribution is -2.21. The Morgan fingerprint density at radius 1 is 1.16 bits per heavy atom. The third-order valence-corrected chi connectivity index (χ3v) is 6.69. The Labute approximate surface area is 187 Å². The summed E-state index contributed by atoms with van der Waals surface area (Å²) in [6.45, 7) is 0. The van der Waals surface area contributed by atoms with Crippen molar-refractivity contribution in [2.24, 2.45) is 5.10 Å². The van der Waals surface area contributed by atoms with Gasteiger partial charge in [0.25, 0.3) is 11.5 Å². The Bertz CT molecular complexity index is 1420. The summed E-state index contributed by atoms with van der Waals surface area (Å²) in [5.41, 5.74) is 4.88. The highest BCUT2D eigenvalue weighted by atomic mass is 32.1. The Morgan fingerprint density at radius 3 is 2.88 bits per heavy atom. The van der Waals surface area contributed by atoms with Crippen molar-refractivity contribution in [3.8, 4) is 5.69 Å². The highest BCUT2D eigenvalue weighted by Gasteiger charge is 2.20. The molecule has 32 heavy (non-hydrogen) atoms. The molecule has 0 bridgehead atoms. The fourth-order valence-corrected chi connectivity index (χ4v) is 5.16. The van der Waals surface area contributed by atoms with Gasteiger partial charge in [-0.15, -0.1) is 11.3 Å². The fourth-order valence-electron chi connectivity index (χ4n) is 3.94. The van der Waals surface area contributed by atoms with Crippen LogP contribution in [0.4, 0.5) is 4.39 Å². The standard InChI is InChI=1S/C24H19FN4O2S/c25-17-7-3-5-15(11-17)13-27-28-22(30)16-6-4-8-18(12-16)29-14-26-23-21(24(29)31)19-9-1-2-10-20(19)32-23/h3-8,11-14H,1-2,9-10H2,(H,28,30)/b27-13+. The van der Waals surface area contributed by atoms with E-state index in [-0.39, 0.29) is 11.4 Å². The van der Waals surface area contributed by atoms with E-state index in [1.807, 2.05) is 0 Å². The second kappa shape index (κ2) is 8.47. The van der Waals surface area contributed by atoms with Gasteiger partial charge in [-0.2, -0.15) is 5.10 Å². The molecule has 0 saturated heterocycles. The summed E-state index contributed by atoms with van der Waals surface area (Å²) in [6.07, 6.45) is 7.02. The molecular weight excluding hydrogens is 427 g/mol. The number of hydrazone groups is 1. The zero-order chi connectivity index (χ0) is 22.1. The van der Waals surface area contributed by atoms with Crippen LogP contribution in [0.5, 0.6) is 0 Å². The third kappa shape index (κ3) is 3.85. The van der Waals surface area contributed by atoms with E-state index in [1.165, 1.54) is 34.1 Å². The molecule has 6 nitrogen and oxygen atoms in total. The molecule has 2 heterocycles. The molecule has 5 rings (SSSR count). The highest BCUT2D eigenvalue weighted by molar-refractivity contribution is 7.18. The molecule has 2 aromatic carbocycles. The minimum atomic E-state index is -0.436. The maximum absolute atomic E-state index is 13.3. The molecule has 1 aliphatic carbocycles. The number of amides is 1.